The quantitative estimate of drug-likeness (QED) is 0.175. The lowest BCUT2D eigenvalue weighted by molar-refractivity contribution is -0.115. The molecule has 1 unspecified atom stereocenters. The molecule has 1 aromatic heterocycles. The number of rotatable bonds is 8. The summed E-state index contributed by atoms with van der Waals surface area (Å²) in [6.45, 7) is 0. The third-order valence-corrected chi connectivity index (χ3v) is 9.34. The number of sulfonamides is 1. The van der Waals surface area contributed by atoms with Gasteiger partial charge >= 0.3 is 0 Å². The van der Waals surface area contributed by atoms with Crippen molar-refractivity contribution in [3.63, 3.8) is 0 Å². The molecule has 0 saturated heterocycles. The third kappa shape index (κ3) is 6.38. The maximum atomic E-state index is 13.2. The highest BCUT2D eigenvalue weighted by atomic mass is 127. The molecule has 1 amide bonds. The molecule has 1 heterocycles. The highest BCUT2D eigenvalue weighted by Gasteiger charge is 2.22. The zero-order chi connectivity index (χ0) is 23.3. The van der Waals surface area contributed by atoms with Crippen LogP contribution in [0.15, 0.2) is 105 Å². The molecular weight excluding hydrogens is 587 g/mol. The van der Waals surface area contributed by atoms with E-state index in [4.69, 9.17) is 0 Å². The molecule has 0 fully saturated rings. The number of anilines is 2. The Balaban J connectivity index is 1.51. The van der Waals surface area contributed by atoms with Crippen molar-refractivity contribution < 1.29 is 13.2 Å². The fourth-order valence-electron chi connectivity index (χ4n) is 3.00. The van der Waals surface area contributed by atoms with Crippen molar-refractivity contribution in [1.29, 1.82) is 0 Å². The molecule has 0 aliphatic carbocycles. The molecule has 0 aliphatic rings. The fourth-order valence-corrected chi connectivity index (χ4v) is 6.44. The molecule has 4 aromatic rings. The van der Waals surface area contributed by atoms with E-state index >= 15 is 0 Å². The van der Waals surface area contributed by atoms with Gasteiger partial charge in [0.1, 0.15) is 9.46 Å². The van der Waals surface area contributed by atoms with E-state index in [-0.39, 0.29) is 10.1 Å². The number of carbonyl (C=O) groups excluding carboxylic acids is 1. The van der Waals surface area contributed by atoms with Crippen molar-refractivity contribution in [2.45, 2.75) is 14.4 Å². The van der Waals surface area contributed by atoms with Gasteiger partial charge < -0.3 is 5.32 Å². The van der Waals surface area contributed by atoms with Gasteiger partial charge in [-0.3, -0.25) is 9.52 Å². The molecule has 0 spiro atoms. The Morgan fingerprint density at radius 1 is 0.848 bits per heavy atom. The summed E-state index contributed by atoms with van der Waals surface area (Å²) in [5.41, 5.74) is 2.08. The van der Waals surface area contributed by atoms with Crippen LogP contribution in [-0.4, -0.2) is 14.3 Å². The average molecular weight is 607 g/mol. The van der Waals surface area contributed by atoms with Crippen LogP contribution in [0.5, 0.6) is 0 Å². The maximum Gasteiger partial charge on any atom is 0.271 e. The average Bonchev–Trinajstić information content (AvgIpc) is 3.37. The minimum Gasteiger partial charge on any atom is -0.325 e. The molecule has 0 saturated carbocycles. The van der Waals surface area contributed by atoms with Crippen LogP contribution in [0.2, 0.25) is 0 Å². The number of carbonyl (C=O) groups is 1. The zero-order valence-corrected chi connectivity index (χ0v) is 21.7. The molecule has 4 rings (SSSR count). The van der Waals surface area contributed by atoms with E-state index in [0.29, 0.717) is 5.69 Å². The number of amides is 1. The lowest BCUT2D eigenvalue weighted by Crippen LogP contribution is -2.19. The van der Waals surface area contributed by atoms with Crippen LogP contribution >= 0.6 is 45.7 Å². The summed E-state index contributed by atoms with van der Waals surface area (Å²) in [4.78, 5) is 14.0. The van der Waals surface area contributed by atoms with Gasteiger partial charge in [-0.15, -0.1) is 23.1 Å². The number of halogens is 1. The number of thiophene rings is 1. The monoisotopic (exact) mass is 606 g/mol. The summed E-state index contributed by atoms with van der Waals surface area (Å²) < 4.78 is 28.8. The molecule has 1 atom stereocenters. The second-order valence-corrected chi connectivity index (χ2v) is 12.2. The van der Waals surface area contributed by atoms with Gasteiger partial charge in [-0.1, -0.05) is 36.4 Å². The number of thioether (sulfide) groups is 1. The van der Waals surface area contributed by atoms with Crippen molar-refractivity contribution in [1.82, 2.24) is 0 Å². The van der Waals surface area contributed by atoms with Crippen LogP contribution in [0.1, 0.15) is 10.8 Å². The van der Waals surface area contributed by atoms with Gasteiger partial charge in [0.25, 0.3) is 10.0 Å². The molecule has 0 bridgehead atoms. The SMILES string of the molecule is O=C(Nc1ccc(I)cc1)C(Sc1ccc(NS(=O)(=O)c2cccs2)cc1)c1ccccc1. The largest absolute Gasteiger partial charge is 0.325 e. The fraction of sp³-hybridized carbons (Fsp3) is 0.0417. The van der Waals surface area contributed by atoms with E-state index in [9.17, 15) is 13.2 Å². The van der Waals surface area contributed by atoms with Gasteiger partial charge in [0, 0.05) is 19.8 Å². The van der Waals surface area contributed by atoms with Crippen LogP contribution in [0.4, 0.5) is 11.4 Å². The van der Waals surface area contributed by atoms with E-state index in [1.54, 1.807) is 29.6 Å². The minimum absolute atomic E-state index is 0.130. The van der Waals surface area contributed by atoms with Crippen molar-refractivity contribution in [3.8, 4) is 0 Å². The topological polar surface area (TPSA) is 75.3 Å². The van der Waals surface area contributed by atoms with Crippen molar-refractivity contribution in [3.05, 3.63) is 106 Å². The molecular formula is C24H19IN2O3S3. The van der Waals surface area contributed by atoms with Gasteiger partial charge in [0.15, 0.2) is 0 Å². The number of benzene rings is 3. The number of hydrogen-bond acceptors (Lipinski definition) is 5. The molecule has 168 valence electrons. The normalized spacial score (nSPS) is 12.2. The predicted molar refractivity (Wildman–Crippen MR) is 144 cm³/mol. The smallest absolute Gasteiger partial charge is 0.271 e. The summed E-state index contributed by atoms with van der Waals surface area (Å²) >= 11 is 4.79. The van der Waals surface area contributed by atoms with Crippen LogP contribution in [0, 0.1) is 3.57 Å². The molecule has 5 nitrogen and oxygen atoms in total. The first-order valence-electron chi connectivity index (χ1n) is 9.85. The van der Waals surface area contributed by atoms with Crippen LogP contribution in [0.25, 0.3) is 0 Å². The Hall–Kier alpha value is -2.34. The van der Waals surface area contributed by atoms with Gasteiger partial charge in [-0.05, 0) is 88.1 Å². The van der Waals surface area contributed by atoms with Gasteiger partial charge in [0.05, 0.1) is 0 Å². The number of hydrogen-bond donors (Lipinski definition) is 2. The Bertz CT molecular complexity index is 1310. The van der Waals surface area contributed by atoms with Crippen LogP contribution in [0.3, 0.4) is 0 Å². The molecule has 9 heteroatoms. The highest BCUT2D eigenvalue weighted by Crippen LogP contribution is 2.37. The Morgan fingerprint density at radius 3 is 2.15 bits per heavy atom. The van der Waals surface area contributed by atoms with Gasteiger partial charge in [0.2, 0.25) is 5.91 Å². The second-order valence-electron chi connectivity index (χ2n) is 6.97. The Morgan fingerprint density at radius 2 is 1.52 bits per heavy atom. The van der Waals surface area contributed by atoms with E-state index in [2.05, 4.69) is 32.6 Å². The number of nitrogens with one attached hydrogen (secondary N) is 2. The minimum atomic E-state index is -3.60. The first kappa shape index (κ1) is 23.8. The molecule has 33 heavy (non-hydrogen) atoms. The standard InChI is InChI=1S/C24H19IN2O3S3/c25-18-8-10-19(11-9-18)26-24(28)23(17-5-2-1-3-6-17)32-21-14-12-20(13-15-21)27-33(29,30)22-7-4-16-31-22/h1-16,23,27H,(H,26,28). The van der Waals surface area contributed by atoms with E-state index < -0.39 is 15.3 Å². The zero-order valence-electron chi connectivity index (χ0n) is 17.1. The molecule has 0 radical (unpaired) electrons. The summed E-state index contributed by atoms with van der Waals surface area (Å²) in [6.07, 6.45) is 0. The van der Waals surface area contributed by atoms with Crippen molar-refractivity contribution in [2.24, 2.45) is 0 Å². The third-order valence-electron chi connectivity index (χ3n) is 4.57. The van der Waals surface area contributed by atoms with Crippen molar-refractivity contribution in [2.75, 3.05) is 10.0 Å². The van der Waals surface area contributed by atoms with Gasteiger partial charge in [-0.25, -0.2) is 8.42 Å². The van der Waals surface area contributed by atoms with E-state index in [1.165, 1.54) is 11.8 Å². The maximum absolute atomic E-state index is 13.2. The Labute approximate surface area is 214 Å². The summed E-state index contributed by atoms with van der Waals surface area (Å²) in [7, 11) is -3.60. The molecule has 0 aliphatic heterocycles. The van der Waals surface area contributed by atoms with Gasteiger partial charge in [-0.2, -0.15) is 0 Å². The summed E-state index contributed by atoms with van der Waals surface area (Å²) in [5.74, 6) is -0.130. The lowest BCUT2D eigenvalue weighted by atomic mass is 10.1. The first-order chi connectivity index (χ1) is 15.9. The van der Waals surface area contributed by atoms with Crippen LogP contribution < -0.4 is 10.0 Å². The summed E-state index contributed by atoms with van der Waals surface area (Å²) in [6, 6.07) is 27.5. The Kier molecular flexibility index (Phi) is 7.74. The van der Waals surface area contributed by atoms with E-state index in [0.717, 1.165) is 31.1 Å². The van der Waals surface area contributed by atoms with Crippen molar-refractivity contribution >= 4 is 73.0 Å². The van der Waals surface area contributed by atoms with E-state index in [1.807, 2.05) is 66.7 Å². The predicted octanol–water partition coefficient (Wildman–Crippen LogP) is 6.63. The molecule has 2 N–H and O–H groups in total. The first-order valence-corrected chi connectivity index (χ1v) is 14.2. The molecule has 3 aromatic carbocycles. The lowest BCUT2D eigenvalue weighted by Gasteiger charge is -2.17. The highest BCUT2D eigenvalue weighted by molar-refractivity contribution is 14.1. The second kappa shape index (κ2) is 10.7. The van der Waals surface area contributed by atoms with Crippen LogP contribution in [-0.2, 0) is 14.8 Å². The summed E-state index contributed by atoms with van der Waals surface area (Å²) in [5, 5.41) is 4.24.